The molecule has 1 unspecified atom stereocenters. The average Bonchev–Trinajstić information content (AvgIpc) is 2.98. The summed E-state index contributed by atoms with van der Waals surface area (Å²) in [5.74, 6) is 0.714. The number of hydrogen-bond acceptors (Lipinski definition) is 2. The van der Waals surface area contributed by atoms with Crippen molar-refractivity contribution >= 4 is 5.91 Å². The Morgan fingerprint density at radius 1 is 1.56 bits per heavy atom. The van der Waals surface area contributed by atoms with Crippen molar-refractivity contribution in [2.24, 2.45) is 7.05 Å². The van der Waals surface area contributed by atoms with Gasteiger partial charge >= 0.3 is 0 Å². The molecule has 18 heavy (non-hydrogen) atoms. The molecule has 2 aromatic rings. The Hall–Kier alpha value is -2.04. The fourth-order valence-corrected chi connectivity index (χ4v) is 1.91. The lowest BCUT2D eigenvalue weighted by Gasteiger charge is -2.15. The van der Waals surface area contributed by atoms with Crippen LogP contribution in [0.25, 0.3) is 0 Å². The van der Waals surface area contributed by atoms with Gasteiger partial charge in [-0.25, -0.2) is 4.98 Å². The van der Waals surface area contributed by atoms with Gasteiger partial charge in [0.1, 0.15) is 11.5 Å². The minimum absolute atomic E-state index is 0.0751. The number of rotatable bonds is 4. The second-order valence-corrected chi connectivity index (χ2v) is 4.33. The SMILES string of the molecule is CCC(NC(=O)c1ccc(C)n1C)c1ncc[nH]1. The van der Waals surface area contributed by atoms with E-state index >= 15 is 0 Å². The van der Waals surface area contributed by atoms with Gasteiger partial charge in [-0.3, -0.25) is 4.79 Å². The molecule has 0 aliphatic carbocycles. The van der Waals surface area contributed by atoms with Gasteiger partial charge in [0.05, 0.1) is 6.04 Å². The first-order valence-corrected chi connectivity index (χ1v) is 6.06. The Balaban J connectivity index is 2.13. The predicted octanol–water partition coefficient (Wildman–Crippen LogP) is 1.94. The molecular formula is C13H18N4O. The zero-order valence-electron chi connectivity index (χ0n) is 10.9. The number of hydrogen-bond donors (Lipinski definition) is 2. The highest BCUT2D eigenvalue weighted by Crippen LogP contribution is 2.13. The zero-order chi connectivity index (χ0) is 13.1. The summed E-state index contributed by atoms with van der Waals surface area (Å²) in [6.07, 6.45) is 4.25. The van der Waals surface area contributed by atoms with Gasteiger partial charge in [-0.15, -0.1) is 0 Å². The van der Waals surface area contributed by atoms with Crippen LogP contribution < -0.4 is 5.32 Å². The molecule has 2 rings (SSSR count). The van der Waals surface area contributed by atoms with Crippen LogP contribution in [0.5, 0.6) is 0 Å². The summed E-state index contributed by atoms with van der Waals surface area (Å²) in [7, 11) is 1.89. The number of aromatic nitrogens is 3. The predicted molar refractivity (Wildman–Crippen MR) is 69.2 cm³/mol. The quantitative estimate of drug-likeness (QED) is 0.866. The molecule has 0 fully saturated rings. The van der Waals surface area contributed by atoms with Crippen LogP contribution in [0.1, 0.15) is 41.4 Å². The fraction of sp³-hybridized carbons (Fsp3) is 0.385. The summed E-state index contributed by atoms with van der Waals surface area (Å²) in [5.41, 5.74) is 1.73. The molecule has 0 spiro atoms. The Kier molecular flexibility index (Phi) is 3.50. The number of carbonyl (C=O) groups excluding carboxylic acids is 1. The van der Waals surface area contributed by atoms with Crippen molar-refractivity contribution in [1.29, 1.82) is 0 Å². The van der Waals surface area contributed by atoms with Crippen LogP contribution in [0.4, 0.5) is 0 Å². The Labute approximate surface area is 106 Å². The van der Waals surface area contributed by atoms with Crippen LogP contribution in [0.15, 0.2) is 24.5 Å². The molecule has 2 N–H and O–H groups in total. The van der Waals surface area contributed by atoms with Crippen LogP contribution in [0.2, 0.25) is 0 Å². The van der Waals surface area contributed by atoms with E-state index in [9.17, 15) is 4.79 Å². The van der Waals surface area contributed by atoms with Crippen molar-refractivity contribution in [3.63, 3.8) is 0 Å². The minimum atomic E-state index is -0.0808. The first kappa shape index (κ1) is 12.4. The summed E-state index contributed by atoms with van der Waals surface area (Å²) < 4.78 is 1.88. The topological polar surface area (TPSA) is 62.7 Å². The molecule has 0 saturated heterocycles. The van der Waals surface area contributed by atoms with Crippen molar-refractivity contribution in [3.05, 3.63) is 41.7 Å². The Morgan fingerprint density at radius 3 is 2.83 bits per heavy atom. The number of nitrogens with zero attached hydrogens (tertiary/aromatic N) is 2. The smallest absolute Gasteiger partial charge is 0.268 e. The van der Waals surface area contributed by atoms with Gasteiger partial charge in [-0.1, -0.05) is 6.92 Å². The number of H-pyrrole nitrogens is 1. The molecule has 1 atom stereocenters. The molecule has 2 aromatic heterocycles. The zero-order valence-corrected chi connectivity index (χ0v) is 10.9. The minimum Gasteiger partial charge on any atom is -0.347 e. The molecule has 1 amide bonds. The molecule has 0 aliphatic rings. The van der Waals surface area contributed by atoms with E-state index in [1.54, 1.807) is 12.4 Å². The van der Waals surface area contributed by atoms with Gasteiger partial charge in [0, 0.05) is 25.1 Å². The molecule has 5 heteroatoms. The lowest BCUT2D eigenvalue weighted by atomic mass is 10.2. The van der Waals surface area contributed by atoms with E-state index in [0.29, 0.717) is 5.69 Å². The first-order valence-electron chi connectivity index (χ1n) is 6.06. The summed E-state index contributed by atoms with van der Waals surface area (Å²) in [6.45, 7) is 3.99. The molecule has 0 aliphatic heterocycles. The molecule has 5 nitrogen and oxygen atoms in total. The lowest BCUT2D eigenvalue weighted by Crippen LogP contribution is -2.30. The van der Waals surface area contributed by atoms with E-state index in [1.165, 1.54) is 0 Å². The summed E-state index contributed by atoms with van der Waals surface area (Å²) in [4.78, 5) is 19.4. The summed E-state index contributed by atoms with van der Waals surface area (Å²) >= 11 is 0. The standard InChI is InChI=1S/C13H18N4O/c1-4-10(12-14-7-8-15-12)16-13(18)11-6-5-9(2)17(11)3/h5-8,10H,4H2,1-3H3,(H,14,15)(H,16,18). The lowest BCUT2D eigenvalue weighted by molar-refractivity contribution is 0.0925. The third kappa shape index (κ3) is 2.30. The highest BCUT2D eigenvalue weighted by molar-refractivity contribution is 5.93. The van der Waals surface area contributed by atoms with E-state index in [1.807, 2.05) is 37.6 Å². The normalized spacial score (nSPS) is 12.4. The van der Waals surface area contributed by atoms with Crippen molar-refractivity contribution in [2.75, 3.05) is 0 Å². The number of nitrogens with one attached hydrogen (secondary N) is 2. The fourth-order valence-electron chi connectivity index (χ4n) is 1.91. The maximum Gasteiger partial charge on any atom is 0.268 e. The molecular weight excluding hydrogens is 228 g/mol. The third-order valence-electron chi connectivity index (χ3n) is 3.17. The largest absolute Gasteiger partial charge is 0.347 e. The second kappa shape index (κ2) is 5.08. The van der Waals surface area contributed by atoms with Crippen LogP contribution >= 0.6 is 0 Å². The maximum atomic E-state index is 12.2. The van der Waals surface area contributed by atoms with Crippen LogP contribution in [-0.4, -0.2) is 20.4 Å². The van der Waals surface area contributed by atoms with Crippen LogP contribution in [-0.2, 0) is 7.05 Å². The number of aryl methyl sites for hydroxylation is 1. The van der Waals surface area contributed by atoms with E-state index < -0.39 is 0 Å². The van der Waals surface area contributed by atoms with Gasteiger partial charge in [0.15, 0.2) is 0 Å². The maximum absolute atomic E-state index is 12.2. The van der Waals surface area contributed by atoms with E-state index in [0.717, 1.165) is 17.9 Å². The number of amides is 1. The van der Waals surface area contributed by atoms with Gasteiger partial charge < -0.3 is 14.9 Å². The van der Waals surface area contributed by atoms with Gasteiger partial charge in [0.2, 0.25) is 0 Å². The highest BCUT2D eigenvalue weighted by atomic mass is 16.2. The average molecular weight is 246 g/mol. The van der Waals surface area contributed by atoms with Crippen LogP contribution in [0, 0.1) is 6.92 Å². The molecule has 0 bridgehead atoms. The Bertz CT molecular complexity index is 527. The van der Waals surface area contributed by atoms with E-state index in [-0.39, 0.29) is 11.9 Å². The van der Waals surface area contributed by atoms with Gasteiger partial charge in [-0.05, 0) is 25.5 Å². The summed E-state index contributed by atoms with van der Waals surface area (Å²) in [5, 5.41) is 2.99. The molecule has 96 valence electrons. The summed E-state index contributed by atoms with van der Waals surface area (Å²) in [6, 6.07) is 3.69. The second-order valence-electron chi connectivity index (χ2n) is 4.33. The molecule has 0 aromatic carbocycles. The molecule has 0 radical (unpaired) electrons. The van der Waals surface area contributed by atoms with E-state index in [4.69, 9.17) is 0 Å². The van der Waals surface area contributed by atoms with Crippen molar-refractivity contribution in [1.82, 2.24) is 19.9 Å². The van der Waals surface area contributed by atoms with E-state index in [2.05, 4.69) is 15.3 Å². The van der Waals surface area contributed by atoms with Crippen molar-refractivity contribution in [2.45, 2.75) is 26.3 Å². The molecule has 2 heterocycles. The van der Waals surface area contributed by atoms with Gasteiger partial charge in [-0.2, -0.15) is 0 Å². The van der Waals surface area contributed by atoms with Gasteiger partial charge in [0.25, 0.3) is 5.91 Å². The number of aromatic amines is 1. The first-order chi connectivity index (χ1) is 8.63. The van der Waals surface area contributed by atoms with Crippen LogP contribution in [0.3, 0.4) is 0 Å². The number of carbonyl (C=O) groups is 1. The van der Waals surface area contributed by atoms with Crippen molar-refractivity contribution in [3.8, 4) is 0 Å². The van der Waals surface area contributed by atoms with Crippen molar-refractivity contribution < 1.29 is 4.79 Å². The monoisotopic (exact) mass is 246 g/mol. The Morgan fingerprint density at radius 2 is 2.33 bits per heavy atom. The third-order valence-corrected chi connectivity index (χ3v) is 3.17. The number of imidazole rings is 1. The highest BCUT2D eigenvalue weighted by Gasteiger charge is 2.17. The molecule has 0 saturated carbocycles.